The second kappa shape index (κ2) is 6.96. The van der Waals surface area contributed by atoms with Crippen LogP contribution < -0.4 is 5.32 Å². The van der Waals surface area contributed by atoms with Crippen LogP contribution >= 0.6 is 22.9 Å². The number of methoxy groups -OCH3 is 1. The fourth-order valence-electron chi connectivity index (χ4n) is 1.76. The van der Waals surface area contributed by atoms with Crippen molar-refractivity contribution in [1.29, 1.82) is 0 Å². The lowest BCUT2D eigenvalue weighted by atomic mass is 10.1. The van der Waals surface area contributed by atoms with Gasteiger partial charge in [-0.3, -0.25) is 0 Å². The fourth-order valence-corrected chi connectivity index (χ4v) is 2.67. The largest absolute Gasteiger partial charge is 0.383 e. The molecule has 0 saturated carbocycles. The summed E-state index contributed by atoms with van der Waals surface area (Å²) in [7, 11) is 1.63. The van der Waals surface area contributed by atoms with E-state index in [-0.39, 0.29) is 11.1 Å². The van der Waals surface area contributed by atoms with Gasteiger partial charge in [0.25, 0.3) is 0 Å². The van der Waals surface area contributed by atoms with Gasteiger partial charge in [-0.25, -0.2) is 9.37 Å². The molecule has 0 fully saturated rings. The number of ether oxygens (including phenoxy) is 1. The van der Waals surface area contributed by atoms with Gasteiger partial charge in [0, 0.05) is 30.8 Å². The van der Waals surface area contributed by atoms with Gasteiger partial charge in [-0.1, -0.05) is 23.7 Å². The van der Waals surface area contributed by atoms with Gasteiger partial charge in [0.2, 0.25) is 0 Å². The van der Waals surface area contributed by atoms with Crippen LogP contribution in [-0.2, 0) is 4.74 Å². The number of thiazole rings is 1. The summed E-state index contributed by atoms with van der Waals surface area (Å²) in [5.41, 5.74) is 0.499. The van der Waals surface area contributed by atoms with E-state index in [4.69, 9.17) is 16.3 Å². The zero-order chi connectivity index (χ0) is 13.7. The third-order valence-electron chi connectivity index (χ3n) is 2.65. The molecule has 2 rings (SSSR count). The van der Waals surface area contributed by atoms with Crippen LogP contribution in [0, 0.1) is 5.82 Å². The Morgan fingerprint density at radius 2 is 2.37 bits per heavy atom. The lowest BCUT2D eigenvalue weighted by Crippen LogP contribution is -2.26. The van der Waals surface area contributed by atoms with Crippen molar-refractivity contribution in [2.24, 2.45) is 0 Å². The molecule has 0 bridgehead atoms. The monoisotopic (exact) mass is 300 g/mol. The van der Waals surface area contributed by atoms with Crippen molar-refractivity contribution >= 4 is 22.9 Å². The molecule has 0 saturated heterocycles. The van der Waals surface area contributed by atoms with E-state index >= 15 is 0 Å². The van der Waals surface area contributed by atoms with E-state index in [0.29, 0.717) is 18.7 Å². The number of aromatic nitrogens is 1. The third-order valence-corrected chi connectivity index (χ3v) is 3.78. The lowest BCUT2D eigenvalue weighted by molar-refractivity contribution is 0.197. The summed E-state index contributed by atoms with van der Waals surface area (Å²) in [4.78, 5) is 4.25. The first-order valence-electron chi connectivity index (χ1n) is 5.79. The van der Waals surface area contributed by atoms with E-state index in [0.717, 1.165) is 5.01 Å². The Labute approximate surface area is 120 Å². The Morgan fingerprint density at radius 1 is 1.53 bits per heavy atom. The standard InChI is InChI=1S/C13H14ClFN2OS/c1-18-7-5-16-12(13-17-6-8-19-13)9-3-2-4-10(14)11(9)15/h2-4,6,8,12,16H,5,7H2,1H3. The number of nitrogens with one attached hydrogen (secondary N) is 1. The summed E-state index contributed by atoms with van der Waals surface area (Å²) in [6.45, 7) is 1.15. The molecule has 6 heteroatoms. The third kappa shape index (κ3) is 3.51. The van der Waals surface area contributed by atoms with Crippen LogP contribution in [0.1, 0.15) is 16.6 Å². The van der Waals surface area contributed by atoms with Crippen LogP contribution in [0.15, 0.2) is 29.8 Å². The Bertz CT molecular complexity index is 521. The normalized spacial score (nSPS) is 12.6. The lowest BCUT2D eigenvalue weighted by Gasteiger charge is -2.18. The highest BCUT2D eigenvalue weighted by Gasteiger charge is 2.20. The zero-order valence-electron chi connectivity index (χ0n) is 10.4. The van der Waals surface area contributed by atoms with Crippen LogP contribution in [0.2, 0.25) is 5.02 Å². The Kier molecular flexibility index (Phi) is 5.27. The van der Waals surface area contributed by atoms with Gasteiger partial charge in [-0.15, -0.1) is 11.3 Å². The van der Waals surface area contributed by atoms with Gasteiger partial charge >= 0.3 is 0 Å². The van der Waals surface area contributed by atoms with E-state index in [1.54, 1.807) is 25.4 Å². The molecule has 19 heavy (non-hydrogen) atoms. The Balaban J connectivity index is 2.29. The summed E-state index contributed by atoms with van der Waals surface area (Å²) in [6, 6.07) is 4.68. The average molecular weight is 301 g/mol. The van der Waals surface area contributed by atoms with Crippen molar-refractivity contribution in [1.82, 2.24) is 10.3 Å². The van der Waals surface area contributed by atoms with Gasteiger partial charge < -0.3 is 10.1 Å². The number of hydrogen-bond acceptors (Lipinski definition) is 4. The highest BCUT2D eigenvalue weighted by Crippen LogP contribution is 2.29. The van der Waals surface area contributed by atoms with Crippen molar-refractivity contribution in [3.63, 3.8) is 0 Å². The molecular weight excluding hydrogens is 287 g/mol. The van der Waals surface area contributed by atoms with E-state index in [2.05, 4.69) is 10.3 Å². The maximum atomic E-state index is 14.1. The molecule has 0 amide bonds. The first-order valence-corrected chi connectivity index (χ1v) is 7.05. The first kappa shape index (κ1) is 14.4. The molecule has 0 radical (unpaired) electrons. The summed E-state index contributed by atoms with van der Waals surface area (Å²) in [5, 5.41) is 6.02. The van der Waals surface area contributed by atoms with Gasteiger partial charge in [0.15, 0.2) is 0 Å². The topological polar surface area (TPSA) is 34.1 Å². The number of nitrogens with zero attached hydrogens (tertiary/aromatic N) is 1. The van der Waals surface area contributed by atoms with E-state index < -0.39 is 5.82 Å². The Hall–Kier alpha value is -1.01. The number of hydrogen-bond donors (Lipinski definition) is 1. The maximum absolute atomic E-state index is 14.1. The molecule has 1 heterocycles. The minimum absolute atomic E-state index is 0.118. The van der Waals surface area contributed by atoms with Gasteiger partial charge in [0.1, 0.15) is 10.8 Å². The van der Waals surface area contributed by atoms with Crippen LogP contribution in [0.25, 0.3) is 0 Å². The number of rotatable bonds is 6. The molecule has 3 nitrogen and oxygen atoms in total. The maximum Gasteiger partial charge on any atom is 0.146 e. The van der Waals surface area contributed by atoms with Crippen molar-refractivity contribution in [3.8, 4) is 0 Å². The van der Waals surface area contributed by atoms with E-state index in [1.165, 1.54) is 17.4 Å². The molecule has 0 spiro atoms. The van der Waals surface area contributed by atoms with Crippen molar-refractivity contribution in [2.75, 3.05) is 20.3 Å². The molecule has 2 aromatic rings. The second-order valence-corrected chi connectivity index (χ2v) is 5.23. The summed E-state index contributed by atoms with van der Waals surface area (Å²) < 4.78 is 19.1. The van der Waals surface area contributed by atoms with Gasteiger partial charge in [-0.05, 0) is 6.07 Å². The van der Waals surface area contributed by atoms with Gasteiger partial charge in [0.05, 0.1) is 17.7 Å². The summed E-state index contributed by atoms with van der Waals surface area (Å²) in [5.74, 6) is -0.408. The molecular formula is C13H14ClFN2OS. The molecule has 0 aliphatic carbocycles. The zero-order valence-corrected chi connectivity index (χ0v) is 12.0. The quantitative estimate of drug-likeness (QED) is 0.832. The molecule has 0 aliphatic rings. The van der Waals surface area contributed by atoms with Crippen molar-refractivity contribution in [3.05, 3.63) is 51.2 Å². The molecule has 102 valence electrons. The van der Waals surface area contributed by atoms with E-state index in [9.17, 15) is 4.39 Å². The van der Waals surface area contributed by atoms with Crippen LogP contribution in [0.4, 0.5) is 4.39 Å². The predicted molar refractivity (Wildman–Crippen MR) is 75.2 cm³/mol. The summed E-state index contributed by atoms with van der Waals surface area (Å²) in [6.07, 6.45) is 1.70. The smallest absolute Gasteiger partial charge is 0.146 e. The molecule has 1 unspecified atom stereocenters. The van der Waals surface area contributed by atoms with Crippen LogP contribution in [-0.4, -0.2) is 25.2 Å². The molecule has 1 atom stereocenters. The molecule has 1 aromatic heterocycles. The van der Waals surface area contributed by atoms with Crippen molar-refractivity contribution < 1.29 is 9.13 Å². The minimum atomic E-state index is -0.408. The predicted octanol–water partition coefficient (Wildman–Crippen LogP) is 3.26. The first-order chi connectivity index (χ1) is 9.24. The average Bonchev–Trinajstić information content (AvgIpc) is 2.92. The molecule has 1 aromatic carbocycles. The van der Waals surface area contributed by atoms with E-state index in [1.807, 2.05) is 5.38 Å². The Morgan fingerprint density at radius 3 is 3.05 bits per heavy atom. The van der Waals surface area contributed by atoms with Crippen LogP contribution in [0.3, 0.4) is 0 Å². The highest BCUT2D eigenvalue weighted by molar-refractivity contribution is 7.09. The highest BCUT2D eigenvalue weighted by atomic mass is 35.5. The number of halogens is 2. The SMILES string of the molecule is COCCNC(c1nccs1)c1cccc(Cl)c1F. The second-order valence-electron chi connectivity index (χ2n) is 3.89. The minimum Gasteiger partial charge on any atom is -0.383 e. The fraction of sp³-hybridized carbons (Fsp3) is 0.308. The number of benzene rings is 1. The van der Waals surface area contributed by atoms with Crippen molar-refractivity contribution in [2.45, 2.75) is 6.04 Å². The molecule has 0 aliphatic heterocycles. The molecule has 1 N–H and O–H groups in total. The summed E-state index contributed by atoms with van der Waals surface area (Å²) >= 11 is 7.31. The van der Waals surface area contributed by atoms with Crippen LogP contribution in [0.5, 0.6) is 0 Å². The van der Waals surface area contributed by atoms with Gasteiger partial charge in [-0.2, -0.15) is 0 Å².